The molecule has 2 N–H and O–H groups in total. The first kappa shape index (κ1) is 26.0. The van der Waals surface area contributed by atoms with Gasteiger partial charge >= 0.3 is 0 Å². The molecule has 1 aromatic carbocycles. The molecule has 1 aliphatic rings. The molecule has 1 fully saturated rings. The number of halogens is 2. The first-order chi connectivity index (χ1) is 12.2. The van der Waals surface area contributed by atoms with Gasteiger partial charge in [0, 0.05) is 44.5 Å². The van der Waals surface area contributed by atoms with Crippen LogP contribution in [0.15, 0.2) is 24.3 Å². The van der Waals surface area contributed by atoms with Crippen molar-refractivity contribution in [3.63, 3.8) is 0 Å². The van der Waals surface area contributed by atoms with E-state index in [1.165, 1.54) is 12.8 Å². The Balaban J connectivity index is 0.00000338. The summed E-state index contributed by atoms with van der Waals surface area (Å²) in [5.74, 6) is 0.128. The van der Waals surface area contributed by atoms with Crippen LogP contribution in [0, 0.1) is 0 Å². The Bertz CT molecular complexity index is 520. The van der Waals surface area contributed by atoms with Gasteiger partial charge in [0.1, 0.15) is 0 Å². The largest absolute Gasteiger partial charge is 0.378 e. The number of carbonyl (C=O) groups is 1. The quantitative estimate of drug-likeness (QED) is 0.619. The van der Waals surface area contributed by atoms with Crippen molar-refractivity contribution in [2.75, 3.05) is 44.7 Å². The van der Waals surface area contributed by atoms with Crippen LogP contribution < -0.4 is 10.6 Å². The molecule has 1 aromatic rings. The average Bonchev–Trinajstić information content (AvgIpc) is 2.66. The number of amides is 1. The number of benzene rings is 1. The third-order valence-electron chi connectivity index (χ3n) is 4.83. The van der Waals surface area contributed by atoms with E-state index < -0.39 is 0 Å². The van der Waals surface area contributed by atoms with E-state index in [1.807, 2.05) is 29.2 Å². The highest BCUT2D eigenvalue weighted by Crippen LogP contribution is 2.19. The Morgan fingerprint density at radius 3 is 2.37 bits per heavy atom. The van der Waals surface area contributed by atoms with E-state index in [0.717, 1.165) is 56.8 Å². The predicted octanol–water partition coefficient (Wildman–Crippen LogP) is 3.74. The maximum Gasteiger partial charge on any atom is 0.253 e. The monoisotopic (exact) mass is 419 g/mol. The Morgan fingerprint density at radius 2 is 1.81 bits per heavy atom. The number of ether oxygens (including phenoxy) is 1. The molecule has 0 atom stereocenters. The molecular weight excluding hydrogens is 385 g/mol. The van der Waals surface area contributed by atoms with Crippen LogP contribution in [-0.2, 0) is 4.74 Å². The number of piperidine rings is 1. The fourth-order valence-corrected chi connectivity index (χ4v) is 3.12. The summed E-state index contributed by atoms with van der Waals surface area (Å²) in [6.45, 7) is 6.17. The zero-order chi connectivity index (χ0) is 18.1. The standard InChI is InChI=1S/C20H33N3O2.2ClH/c1-3-4-13-22(2)18-8-6-17(7-9-18)20(24)23-14-10-19(11-15-23)25-16-5-12-21;;/h6-9,19H,3-5,10-16,21H2,1-2H3;2*1H. The van der Waals surface area contributed by atoms with Crippen molar-refractivity contribution in [1.82, 2.24) is 4.90 Å². The van der Waals surface area contributed by atoms with Gasteiger partial charge in [-0.15, -0.1) is 24.8 Å². The van der Waals surface area contributed by atoms with Gasteiger partial charge in [0.15, 0.2) is 0 Å². The molecule has 1 saturated heterocycles. The minimum Gasteiger partial charge on any atom is -0.378 e. The van der Waals surface area contributed by atoms with Crippen LogP contribution >= 0.6 is 24.8 Å². The minimum absolute atomic E-state index is 0. The first-order valence-electron chi connectivity index (χ1n) is 9.57. The van der Waals surface area contributed by atoms with Gasteiger partial charge in [0.25, 0.3) is 5.91 Å². The molecule has 0 radical (unpaired) electrons. The van der Waals surface area contributed by atoms with E-state index in [4.69, 9.17) is 10.5 Å². The SMILES string of the molecule is CCCCN(C)c1ccc(C(=O)N2CCC(OCCCN)CC2)cc1.Cl.Cl. The lowest BCUT2D eigenvalue weighted by molar-refractivity contribution is 0.00845. The summed E-state index contributed by atoms with van der Waals surface area (Å²) in [7, 11) is 2.10. The summed E-state index contributed by atoms with van der Waals surface area (Å²) >= 11 is 0. The van der Waals surface area contributed by atoms with Gasteiger partial charge < -0.3 is 20.3 Å². The summed E-state index contributed by atoms with van der Waals surface area (Å²) in [5.41, 5.74) is 7.42. The molecule has 156 valence electrons. The second-order valence-corrected chi connectivity index (χ2v) is 6.83. The van der Waals surface area contributed by atoms with Gasteiger partial charge in [-0.05, 0) is 56.5 Å². The van der Waals surface area contributed by atoms with Crippen molar-refractivity contribution in [3.8, 4) is 0 Å². The molecule has 0 unspecified atom stereocenters. The molecule has 0 aromatic heterocycles. The van der Waals surface area contributed by atoms with Crippen LogP contribution in [0.25, 0.3) is 0 Å². The number of likely N-dealkylation sites (tertiary alicyclic amines) is 1. The molecule has 1 aliphatic heterocycles. The minimum atomic E-state index is 0. The van der Waals surface area contributed by atoms with E-state index in [1.54, 1.807) is 0 Å². The Morgan fingerprint density at radius 1 is 1.19 bits per heavy atom. The molecule has 7 heteroatoms. The molecule has 1 amide bonds. The molecule has 0 saturated carbocycles. The van der Waals surface area contributed by atoms with Crippen molar-refractivity contribution in [2.45, 2.75) is 45.1 Å². The van der Waals surface area contributed by atoms with Gasteiger partial charge in [-0.3, -0.25) is 4.79 Å². The zero-order valence-corrected chi connectivity index (χ0v) is 18.2. The first-order valence-corrected chi connectivity index (χ1v) is 9.57. The number of unbranched alkanes of at least 4 members (excludes halogenated alkanes) is 1. The van der Waals surface area contributed by atoms with E-state index in [2.05, 4.69) is 18.9 Å². The van der Waals surface area contributed by atoms with Crippen molar-refractivity contribution in [1.29, 1.82) is 0 Å². The molecule has 2 rings (SSSR count). The second kappa shape index (κ2) is 14.1. The third-order valence-corrected chi connectivity index (χ3v) is 4.83. The number of rotatable bonds is 9. The molecule has 0 spiro atoms. The van der Waals surface area contributed by atoms with Crippen molar-refractivity contribution in [2.24, 2.45) is 5.73 Å². The lowest BCUT2D eigenvalue weighted by Crippen LogP contribution is -2.41. The van der Waals surface area contributed by atoms with Crippen LogP contribution in [-0.4, -0.2) is 56.7 Å². The fraction of sp³-hybridized carbons (Fsp3) is 0.650. The Kier molecular flexibility index (Phi) is 13.5. The van der Waals surface area contributed by atoms with E-state index in [9.17, 15) is 4.79 Å². The molecule has 0 aliphatic carbocycles. The summed E-state index contributed by atoms with van der Waals surface area (Å²) in [6.07, 6.45) is 5.36. The number of nitrogens with two attached hydrogens (primary N) is 1. The Hall–Kier alpha value is -1.01. The van der Waals surface area contributed by atoms with Gasteiger partial charge in [-0.25, -0.2) is 0 Å². The zero-order valence-electron chi connectivity index (χ0n) is 16.6. The molecule has 0 bridgehead atoms. The van der Waals surface area contributed by atoms with Crippen LogP contribution in [0.3, 0.4) is 0 Å². The predicted molar refractivity (Wildman–Crippen MR) is 118 cm³/mol. The van der Waals surface area contributed by atoms with Gasteiger partial charge in [0.2, 0.25) is 0 Å². The highest BCUT2D eigenvalue weighted by molar-refractivity contribution is 5.94. The summed E-state index contributed by atoms with van der Waals surface area (Å²) in [5, 5.41) is 0. The number of carbonyl (C=O) groups excluding carboxylic acids is 1. The smallest absolute Gasteiger partial charge is 0.253 e. The third kappa shape index (κ3) is 8.26. The van der Waals surface area contributed by atoms with Crippen molar-refractivity contribution >= 4 is 36.4 Å². The molecule has 27 heavy (non-hydrogen) atoms. The van der Waals surface area contributed by atoms with E-state index in [0.29, 0.717) is 6.54 Å². The number of hydrogen-bond acceptors (Lipinski definition) is 4. The highest BCUT2D eigenvalue weighted by Gasteiger charge is 2.24. The maximum atomic E-state index is 12.7. The van der Waals surface area contributed by atoms with Crippen LogP contribution in [0.4, 0.5) is 5.69 Å². The van der Waals surface area contributed by atoms with E-state index >= 15 is 0 Å². The summed E-state index contributed by atoms with van der Waals surface area (Å²) < 4.78 is 5.81. The lowest BCUT2D eigenvalue weighted by Gasteiger charge is -2.32. The fourth-order valence-electron chi connectivity index (χ4n) is 3.12. The molecular formula is C20H35Cl2N3O2. The van der Waals surface area contributed by atoms with Crippen LogP contribution in [0.1, 0.15) is 49.4 Å². The number of hydrogen-bond donors (Lipinski definition) is 1. The maximum absolute atomic E-state index is 12.7. The van der Waals surface area contributed by atoms with Gasteiger partial charge in [-0.1, -0.05) is 13.3 Å². The lowest BCUT2D eigenvalue weighted by atomic mass is 10.1. The number of anilines is 1. The van der Waals surface area contributed by atoms with Crippen LogP contribution in [0.2, 0.25) is 0 Å². The molecule has 5 nitrogen and oxygen atoms in total. The second-order valence-electron chi connectivity index (χ2n) is 6.83. The van der Waals surface area contributed by atoms with Gasteiger partial charge in [0.05, 0.1) is 6.10 Å². The van der Waals surface area contributed by atoms with Crippen molar-refractivity contribution < 1.29 is 9.53 Å². The Labute approximate surface area is 176 Å². The average molecular weight is 420 g/mol. The number of nitrogens with zero attached hydrogens (tertiary/aromatic N) is 2. The highest BCUT2D eigenvalue weighted by atomic mass is 35.5. The topological polar surface area (TPSA) is 58.8 Å². The van der Waals surface area contributed by atoms with Gasteiger partial charge in [-0.2, -0.15) is 0 Å². The normalized spacial score (nSPS) is 14.3. The van der Waals surface area contributed by atoms with Crippen LogP contribution in [0.5, 0.6) is 0 Å². The van der Waals surface area contributed by atoms with Crippen molar-refractivity contribution in [3.05, 3.63) is 29.8 Å². The summed E-state index contributed by atoms with van der Waals surface area (Å²) in [4.78, 5) is 16.9. The van der Waals surface area contributed by atoms with E-state index in [-0.39, 0.29) is 36.8 Å². The summed E-state index contributed by atoms with van der Waals surface area (Å²) in [6, 6.07) is 7.99. The molecule has 1 heterocycles.